The monoisotopic (exact) mass is 257 g/mol. The van der Waals surface area contributed by atoms with Gasteiger partial charge in [-0.15, -0.1) is 36.0 Å². The summed E-state index contributed by atoms with van der Waals surface area (Å²) in [5.74, 6) is 0. The van der Waals surface area contributed by atoms with Crippen LogP contribution in [-0.2, 0) is 0 Å². The Hall–Kier alpha value is 1.29. The summed E-state index contributed by atoms with van der Waals surface area (Å²) in [6.07, 6.45) is 0. The Balaban J connectivity index is 0.000000845. The van der Waals surface area contributed by atoms with Gasteiger partial charge in [0.15, 0.2) is 0 Å². The third kappa shape index (κ3) is 2.12. The van der Waals surface area contributed by atoms with Crippen LogP contribution < -0.4 is 0 Å². The van der Waals surface area contributed by atoms with Crippen LogP contribution in [0.15, 0.2) is 34.2 Å². The third-order valence-electron chi connectivity index (χ3n) is 1.64. The van der Waals surface area contributed by atoms with Crippen molar-refractivity contribution in [3.8, 4) is 0 Å². The Kier molecular flexibility index (Phi) is 4.21. The van der Waals surface area contributed by atoms with E-state index in [0.717, 1.165) is 15.0 Å². The van der Waals surface area contributed by atoms with Crippen molar-refractivity contribution >= 4 is 83.7 Å². The molecular formula is C7H8NNaS4. The quantitative estimate of drug-likeness (QED) is 0.274. The van der Waals surface area contributed by atoms with Crippen molar-refractivity contribution in [2.75, 3.05) is 0 Å². The molecule has 13 heavy (non-hydrogen) atoms. The molecule has 0 radical (unpaired) electrons. The average Bonchev–Trinajstić information content (AvgIpc) is 2.25. The fraction of sp³-hybridized carbons (Fsp3) is 0. The van der Waals surface area contributed by atoms with E-state index >= 15 is 0 Å². The standard InChI is InChI=1S/C7H7NS4.Na.H/c9-7-8-5-3-1-2-4-6(5)12(7,10)11;;/h1-4,10-11H,(H,8,9);;. The topological polar surface area (TPSA) is 12.4 Å². The number of hydrogen-bond donors (Lipinski definition) is 3. The number of thiol groups is 3. The predicted octanol–water partition coefficient (Wildman–Crippen LogP) is 2.82. The van der Waals surface area contributed by atoms with Crippen molar-refractivity contribution in [2.45, 2.75) is 4.90 Å². The van der Waals surface area contributed by atoms with Gasteiger partial charge >= 0.3 is 29.6 Å². The molecular weight excluding hydrogens is 249 g/mol. The van der Waals surface area contributed by atoms with Crippen LogP contribution in [-0.4, -0.2) is 33.9 Å². The van der Waals surface area contributed by atoms with E-state index in [1.807, 2.05) is 24.3 Å². The Morgan fingerprint density at radius 2 is 1.77 bits per heavy atom. The molecule has 0 amide bonds. The molecule has 0 saturated carbocycles. The van der Waals surface area contributed by atoms with E-state index < -0.39 is 8.09 Å². The van der Waals surface area contributed by atoms with E-state index in [0.29, 0.717) is 0 Å². The fourth-order valence-corrected chi connectivity index (χ4v) is 3.73. The summed E-state index contributed by atoms with van der Waals surface area (Å²) < 4.78 is 0.718. The molecule has 1 nitrogen and oxygen atoms in total. The number of para-hydroxylation sites is 1. The Bertz CT molecular complexity index is 363. The number of aliphatic imine (C=N–C) groups is 1. The van der Waals surface area contributed by atoms with E-state index in [2.05, 4.69) is 40.9 Å². The van der Waals surface area contributed by atoms with Gasteiger partial charge < -0.3 is 0 Å². The molecule has 1 aliphatic rings. The molecule has 2 rings (SSSR count). The molecule has 0 aromatic heterocycles. The molecule has 0 bridgehead atoms. The number of fused-ring (bicyclic) bond motifs is 1. The van der Waals surface area contributed by atoms with Crippen LogP contribution in [0.2, 0.25) is 0 Å². The molecule has 0 N–H and O–H groups in total. The van der Waals surface area contributed by atoms with Crippen molar-refractivity contribution in [1.29, 1.82) is 0 Å². The fourth-order valence-electron chi connectivity index (χ4n) is 1.06. The van der Waals surface area contributed by atoms with Gasteiger partial charge in [0.1, 0.15) is 4.38 Å². The molecule has 0 aliphatic carbocycles. The second-order valence-corrected chi connectivity index (χ2v) is 9.21. The van der Waals surface area contributed by atoms with Crippen LogP contribution in [0.1, 0.15) is 0 Å². The summed E-state index contributed by atoms with van der Waals surface area (Å²) in [6, 6.07) is 7.87. The van der Waals surface area contributed by atoms with Crippen LogP contribution in [0.3, 0.4) is 0 Å². The van der Waals surface area contributed by atoms with Gasteiger partial charge in [0.25, 0.3) is 0 Å². The zero-order valence-corrected chi connectivity index (χ0v) is 9.51. The summed E-state index contributed by atoms with van der Waals surface area (Å²) in [5.41, 5.74) is 0.947. The van der Waals surface area contributed by atoms with Crippen LogP contribution in [0.25, 0.3) is 0 Å². The van der Waals surface area contributed by atoms with Crippen molar-refractivity contribution in [2.24, 2.45) is 4.99 Å². The maximum absolute atomic E-state index is 4.46. The zero-order valence-electron chi connectivity index (χ0n) is 6.01. The van der Waals surface area contributed by atoms with Crippen molar-refractivity contribution in [3.63, 3.8) is 0 Å². The minimum absolute atomic E-state index is 0. The third-order valence-corrected chi connectivity index (χ3v) is 7.21. The van der Waals surface area contributed by atoms with Gasteiger partial charge in [-0.2, -0.15) is 0 Å². The summed E-state index contributed by atoms with van der Waals surface area (Å²) in [5, 5.41) is 0. The van der Waals surface area contributed by atoms with Gasteiger partial charge in [0.05, 0.1) is 5.69 Å². The van der Waals surface area contributed by atoms with Gasteiger partial charge in [-0.05, 0) is 12.1 Å². The summed E-state index contributed by atoms with van der Waals surface area (Å²) in [4.78, 5) is 5.35. The first-order valence-electron chi connectivity index (χ1n) is 3.27. The summed E-state index contributed by atoms with van der Waals surface area (Å²) in [6.45, 7) is 0. The second kappa shape index (κ2) is 4.43. The number of rotatable bonds is 0. The molecule has 0 spiro atoms. The first kappa shape index (κ1) is 12.4. The van der Waals surface area contributed by atoms with Gasteiger partial charge in [-0.3, -0.25) is 0 Å². The Morgan fingerprint density at radius 1 is 1.15 bits per heavy atom. The number of hydrogen-bond acceptors (Lipinski definition) is 3. The number of benzene rings is 1. The molecule has 0 unspecified atom stereocenters. The van der Waals surface area contributed by atoms with Gasteiger partial charge in [0, 0.05) is 4.90 Å². The van der Waals surface area contributed by atoms with Crippen LogP contribution >= 0.6 is 44.0 Å². The molecule has 0 atom stereocenters. The average molecular weight is 257 g/mol. The van der Waals surface area contributed by atoms with E-state index in [1.165, 1.54) is 0 Å². The normalized spacial score (nSPS) is 19.8. The van der Waals surface area contributed by atoms with E-state index in [-0.39, 0.29) is 29.6 Å². The van der Waals surface area contributed by atoms with E-state index in [4.69, 9.17) is 0 Å². The van der Waals surface area contributed by atoms with Crippen molar-refractivity contribution in [1.82, 2.24) is 0 Å². The molecule has 1 aromatic rings. The Labute approximate surface area is 116 Å². The van der Waals surface area contributed by atoms with Gasteiger partial charge in [-0.1, -0.05) is 20.2 Å². The van der Waals surface area contributed by atoms with Crippen LogP contribution in [0.4, 0.5) is 5.69 Å². The van der Waals surface area contributed by atoms with E-state index in [9.17, 15) is 0 Å². The molecule has 1 aromatic carbocycles. The first-order valence-corrected chi connectivity index (χ1v) is 7.46. The van der Waals surface area contributed by atoms with Gasteiger partial charge in [-0.25, -0.2) is 4.99 Å². The second-order valence-electron chi connectivity index (χ2n) is 2.41. The van der Waals surface area contributed by atoms with Crippen LogP contribution in [0, 0.1) is 0 Å². The van der Waals surface area contributed by atoms with Crippen molar-refractivity contribution in [3.05, 3.63) is 24.3 Å². The summed E-state index contributed by atoms with van der Waals surface area (Å²) in [7, 11) is -1.48. The maximum atomic E-state index is 4.46. The molecule has 0 fully saturated rings. The van der Waals surface area contributed by atoms with Crippen molar-refractivity contribution < 1.29 is 0 Å². The molecule has 66 valence electrons. The molecule has 1 heterocycles. The summed E-state index contributed by atoms with van der Waals surface area (Å²) >= 11 is 13.2. The minimum atomic E-state index is -1.48. The predicted molar refractivity (Wildman–Crippen MR) is 73.5 cm³/mol. The first-order chi connectivity index (χ1) is 5.62. The molecule has 6 heteroatoms. The zero-order chi connectivity index (χ0) is 8.77. The Morgan fingerprint density at radius 3 is 2.38 bits per heavy atom. The number of nitrogens with zero attached hydrogens (tertiary/aromatic N) is 1. The van der Waals surface area contributed by atoms with Gasteiger partial charge in [0.2, 0.25) is 0 Å². The molecule has 1 aliphatic heterocycles. The van der Waals surface area contributed by atoms with E-state index in [1.54, 1.807) is 0 Å². The SMILES string of the molecule is SC1=Nc2ccccc2S1(S)S.[NaH]. The van der Waals surface area contributed by atoms with Crippen LogP contribution in [0.5, 0.6) is 0 Å². The molecule has 0 saturated heterocycles.